The Morgan fingerprint density at radius 1 is 1.17 bits per heavy atom. The number of amides is 3. The molecule has 0 spiro atoms. The second kappa shape index (κ2) is 8.72. The molecule has 1 aromatic rings. The Morgan fingerprint density at radius 3 is 2.39 bits per heavy atom. The highest BCUT2D eigenvalue weighted by Crippen LogP contribution is 2.14. The molecule has 0 radical (unpaired) electrons. The van der Waals surface area contributed by atoms with Crippen molar-refractivity contribution in [3.8, 4) is 5.75 Å². The van der Waals surface area contributed by atoms with E-state index in [0.29, 0.717) is 0 Å². The highest BCUT2D eigenvalue weighted by Gasteiger charge is 2.23. The number of hydrogen-bond donors (Lipinski definition) is 3. The number of carbonyl (C=O) groups excluding carboxylic acids is 3. The Bertz CT molecular complexity index is 578. The molecule has 0 saturated heterocycles. The molecule has 0 unspecified atom stereocenters. The Hall–Kier alpha value is -2.64. The maximum absolute atomic E-state index is 13.3. The van der Waals surface area contributed by atoms with Crippen LogP contribution in [0.4, 0.5) is 4.39 Å². The Kier molecular flexibility index (Phi) is 6.98. The van der Waals surface area contributed by atoms with E-state index in [4.69, 9.17) is 4.74 Å². The first kappa shape index (κ1) is 18.4. The summed E-state index contributed by atoms with van der Waals surface area (Å²) < 4.78 is 18.3. The first-order chi connectivity index (χ1) is 10.8. The third kappa shape index (κ3) is 6.33. The van der Waals surface area contributed by atoms with E-state index in [2.05, 4.69) is 16.2 Å². The molecule has 0 saturated carbocycles. The molecule has 0 aliphatic carbocycles. The van der Waals surface area contributed by atoms with E-state index in [1.807, 2.05) is 0 Å². The highest BCUT2D eigenvalue weighted by molar-refractivity contribution is 5.89. The van der Waals surface area contributed by atoms with Crippen LogP contribution in [0.15, 0.2) is 24.3 Å². The van der Waals surface area contributed by atoms with Crippen LogP contribution in [-0.4, -0.2) is 30.4 Å². The fourth-order valence-electron chi connectivity index (χ4n) is 1.70. The standard InChI is InChI=1S/C15H20FN3O4/c1-9(2)14(17-10(3)20)15(22)19-18-13(21)8-23-12-7-5-4-6-11(12)16/h4-7,9,14H,8H2,1-3H3,(H,17,20)(H,18,21)(H,19,22)/t14-/m0/s1. The maximum Gasteiger partial charge on any atom is 0.276 e. The van der Waals surface area contributed by atoms with Gasteiger partial charge in [0, 0.05) is 6.92 Å². The SMILES string of the molecule is CC(=O)N[C@H](C(=O)NNC(=O)COc1ccccc1F)C(C)C. The summed E-state index contributed by atoms with van der Waals surface area (Å²) in [5.74, 6) is -2.39. The molecule has 8 heteroatoms. The van der Waals surface area contributed by atoms with Gasteiger partial charge in [-0.1, -0.05) is 26.0 Å². The summed E-state index contributed by atoms with van der Waals surface area (Å²) in [5.41, 5.74) is 4.34. The number of benzene rings is 1. The zero-order valence-electron chi connectivity index (χ0n) is 13.2. The van der Waals surface area contributed by atoms with Gasteiger partial charge in [0.1, 0.15) is 6.04 Å². The molecule has 0 aliphatic heterocycles. The van der Waals surface area contributed by atoms with Crippen LogP contribution >= 0.6 is 0 Å². The molecule has 0 aliphatic rings. The molecule has 0 heterocycles. The van der Waals surface area contributed by atoms with Gasteiger partial charge in [-0.2, -0.15) is 0 Å². The molecule has 3 N–H and O–H groups in total. The number of hydrazine groups is 1. The second-order valence-corrected chi connectivity index (χ2v) is 5.18. The summed E-state index contributed by atoms with van der Waals surface area (Å²) in [5, 5.41) is 2.49. The van der Waals surface area contributed by atoms with Crippen molar-refractivity contribution >= 4 is 17.7 Å². The van der Waals surface area contributed by atoms with Crippen LogP contribution in [-0.2, 0) is 14.4 Å². The third-order valence-electron chi connectivity index (χ3n) is 2.83. The monoisotopic (exact) mass is 325 g/mol. The minimum atomic E-state index is -0.778. The van der Waals surface area contributed by atoms with Gasteiger partial charge in [0.25, 0.3) is 11.8 Å². The average molecular weight is 325 g/mol. The number of halogens is 1. The Labute approximate surface area is 133 Å². The van der Waals surface area contributed by atoms with Gasteiger partial charge in [0.2, 0.25) is 5.91 Å². The average Bonchev–Trinajstić information content (AvgIpc) is 2.49. The predicted molar refractivity (Wildman–Crippen MR) is 80.6 cm³/mol. The number of carbonyl (C=O) groups is 3. The molecule has 23 heavy (non-hydrogen) atoms. The van der Waals surface area contributed by atoms with Crippen LogP contribution in [0.5, 0.6) is 5.75 Å². The van der Waals surface area contributed by atoms with Crippen molar-refractivity contribution in [2.24, 2.45) is 5.92 Å². The van der Waals surface area contributed by atoms with Gasteiger partial charge < -0.3 is 10.1 Å². The Morgan fingerprint density at radius 2 is 1.83 bits per heavy atom. The van der Waals surface area contributed by atoms with Gasteiger partial charge in [-0.15, -0.1) is 0 Å². The predicted octanol–water partition coefficient (Wildman–Crippen LogP) is 0.513. The minimum Gasteiger partial charge on any atom is -0.481 e. The zero-order valence-corrected chi connectivity index (χ0v) is 13.2. The van der Waals surface area contributed by atoms with Gasteiger partial charge >= 0.3 is 0 Å². The van der Waals surface area contributed by atoms with Crippen molar-refractivity contribution in [2.45, 2.75) is 26.8 Å². The van der Waals surface area contributed by atoms with E-state index in [-0.39, 0.29) is 17.6 Å². The molecular formula is C15H20FN3O4. The minimum absolute atomic E-state index is 0.0627. The topological polar surface area (TPSA) is 96.5 Å². The maximum atomic E-state index is 13.3. The van der Waals surface area contributed by atoms with Crippen molar-refractivity contribution in [1.82, 2.24) is 16.2 Å². The molecule has 3 amide bonds. The molecule has 0 aromatic heterocycles. The van der Waals surface area contributed by atoms with Crippen molar-refractivity contribution in [3.63, 3.8) is 0 Å². The summed E-state index contributed by atoms with van der Waals surface area (Å²) in [7, 11) is 0. The van der Waals surface area contributed by atoms with E-state index >= 15 is 0 Å². The number of nitrogens with one attached hydrogen (secondary N) is 3. The van der Waals surface area contributed by atoms with Crippen LogP contribution in [0, 0.1) is 11.7 Å². The normalized spacial score (nSPS) is 11.5. The quantitative estimate of drug-likeness (QED) is 0.664. The number of rotatable bonds is 6. The van der Waals surface area contributed by atoms with E-state index in [1.54, 1.807) is 19.9 Å². The summed E-state index contributed by atoms with van der Waals surface area (Å²) in [4.78, 5) is 34.6. The van der Waals surface area contributed by atoms with Crippen LogP contribution in [0.2, 0.25) is 0 Å². The number of ether oxygens (including phenoxy) is 1. The largest absolute Gasteiger partial charge is 0.481 e. The molecule has 1 atom stereocenters. The van der Waals surface area contributed by atoms with Crippen molar-refractivity contribution in [3.05, 3.63) is 30.1 Å². The Balaban J connectivity index is 2.44. The smallest absolute Gasteiger partial charge is 0.276 e. The first-order valence-corrected chi connectivity index (χ1v) is 7.04. The molecule has 1 rings (SSSR count). The molecule has 1 aromatic carbocycles. The lowest BCUT2D eigenvalue weighted by Crippen LogP contribution is -2.54. The number of hydrogen-bond acceptors (Lipinski definition) is 4. The summed E-state index contributed by atoms with van der Waals surface area (Å²) in [6.07, 6.45) is 0. The van der Waals surface area contributed by atoms with E-state index in [9.17, 15) is 18.8 Å². The molecule has 0 bridgehead atoms. The van der Waals surface area contributed by atoms with Crippen molar-refractivity contribution in [1.29, 1.82) is 0 Å². The van der Waals surface area contributed by atoms with Gasteiger partial charge in [0.15, 0.2) is 18.2 Å². The van der Waals surface area contributed by atoms with Crippen LogP contribution in [0.1, 0.15) is 20.8 Å². The fourth-order valence-corrected chi connectivity index (χ4v) is 1.70. The van der Waals surface area contributed by atoms with Gasteiger partial charge in [-0.3, -0.25) is 25.2 Å². The van der Waals surface area contributed by atoms with Crippen LogP contribution in [0.25, 0.3) is 0 Å². The van der Waals surface area contributed by atoms with E-state index in [0.717, 1.165) is 0 Å². The lowest BCUT2D eigenvalue weighted by Gasteiger charge is -2.21. The molecule has 7 nitrogen and oxygen atoms in total. The first-order valence-electron chi connectivity index (χ1n) is 7.04. The van der Waals surface area contributed by atoms with Crippen LogP contribution in [0.3, 0.4) is 0 Å². The lowest BCUT2D eigenvalue weighted by atomic mass is 10.0. The van der Waals surface area contributed by atoms with Crippen molar-refractivity contribution < 1.29 is 23.5 Å². The summed E-state index contributed by atoms with van der Waals surface area (Å²) in [6, 6.07) is 4.87. The third-order valence-corrected chi connectivity index (χ3v) is 2.83. The van der Waals surface area contributed by atoms with Crippen LogP contribution < -0.4 is 20.9 Å². The lowest BCUT2D eigenvalue weighted by molar-refractivity contribution is -0.133. The molecular weight excluding hydrogens is 305 g/mol. The second-order valence-electron chi connectivity index (χ2n) is 5.18. The van der Waals surface area contributed by atoms with Gasteiger partial charge in [0.05, 0.1) is 0 Å². The van der Waals surface area contributed by atoms with Gasteiger partial charge in [-0.25, -0.2) is 4.39 Å². The molecule has 126 valence electrons. The van der Waals surface area contributed by atoms with Crippen molar-refractivity contribution in [2.75, 3.05) is 6.61 Å². The van der Waals surface area contributed by atoms with E-state index < -0.39 is 30.3 Å². The summed E-state index contributed by atoms with van der Waals surface area (Å²) >= 11 is 0. The van der Waals surface area contributed by atoms with Gasteiger partial charge in [-0.05, 0) is 18.1 Å². The highest BCUT2D eigenvalue weighted by atomic mass is 19.1. The zero-order chi connectivity index (χ0) is 17.4. The summed E-state index contributed by atoms with van der Waals surface area (Å²) in [6.45, 7) is 4.34. The molecule has 0 fully saturated rings. The van der Waals surface area contributed by atoms with E-state index in [1.165, 1.54) is 25.1 Å². The fraction of sp³-hybridized carbons (Fsp3) is 0.400. The number of para-hydroxylation sites is 1.